The minimum absolute atomic E-state index is 0.130. The van der Waals surface area contributed by atoms with Gasteiger partial charge < -0.3 is 15.5 Å². The Balaban J connectivity index is 2.02. The van der Waals surface area contributed by atoms with Gasteiger partial charge in [0.1, 0.15) is 6.61 Å². The average molecular weight is 350 g/mol. The number of urea groups is 1. The molecule has 0 saturated heterocycles. The van der Waals surface area contributed by atoms with Gasteiger partial charge in [-0.25, -0.2) is 9.78 Å². The van der Waals surface area contributed by atoms with E-state index in [4.69, 9.17) is 45.3 Å². The molecule has 112 valence electrons. The highest BCUT2D eigenvalue weighted by Gasteiger charge is 2.15. The Labute approximate surface area is 135 Å². The van der Waals surface area contributed by atoms with Gasteiger partial charge in [-0.1, -0.05) is 34.8 Å². The van der Waals surface area contributed by atoms with Crippen LogP contribution in [-0.2, 0) is 0 Å². The average Bonchev–Trinajstić information content (AvgIpc) is 2.89. The van der Waals surface area contributed by atoms with E-state index in [1.54, 1.807) is 6.20 Å². The van der Waals surface area contributed by atoms with Crippen LogP contribution in [-0.4, -0.2) is 29.2 Å². The fourth-order valence-electron chi connectivity index (χ4n) is 1.63. The second-order valence-electron chi connectivity index (χ2n) is 3.95. The van der Waals surface area contributed by atoms with Crippen LogP contribution in [0, 0.1) is 0 Å². The molecule has 0 aliphatic carbocycles. The van der Waals surface area contributed by atoms with Crippen molar-refractivity contribution in [2.24, 2.45) is 5.73 Å². The number of nitrogens with two attached hydrogens (primary N) is 1. The van der Waals surface area contributed by atoms with E-state index in [1.807, 2.05) is 0 Å². The highest BCUT2D eigenvalue weighted by Crippen LogP contribution is 2.35. The van der Waals surface area contributed by atoms with Gasteiger partial charge in [0.15, 0.2) is 5.75 Å². The quantitative estimate of drug-likeness (QED) is 0.868. The van der Waals surface area contributed by atoms with E-state index in [2.05, 4.69) is 9.97 Å². The highest BCUT2D eigenvalue weighted by atomic mass is 35.5. The van der Waals surface area contributed by atoms with Gasteiger partial charge in [-0.05, 0) is 12.1 Å². The van der Waals surface area contributed by atoms with E-state index in [0.29, 0.717) is 16.7 Å². The summed E-state index contributed by atoms with van der Waals surface area (Å²) in [6.07, 6.45) is 3.10. The van der Waals surface area contributed by atoms with Gasteiger partial charge in [0.25, 0.3) is 0 Å². The smallest absolute Gasteiger partial charge is 0.321 e. The predicted octanol–water partition coefficient (Wildman–Crippen LogP) is 3.33. The first-order valence-corrected chi connectivity index (χ1v) is 6.96. The first kappa shape index (κ1) is 15.8. The summed E-state index contributed by atoms with van der Waals surface area (Å²) in [7, 11) is 0. The second kappa shape index (κ2) is 6.89. The third-order valence-corrected chi connectivity index (χ3v) is 3.31. The number of anilines is 1. The number of hydrogen-bond acceptors (Lipinski definition) is 3. The molecule has 21 heavy (non-hydrogen) atoms. The molecule has 0 aliphatic rings. The van der Waals surface area contributed by atoms with Crippen LogP contribution >= 0.6 is 34.8 Å². The maximum Gasteiger partial charge on any atom is 0.321 e. The molecule has 0 unspecified atom stereocenters. The first-order valence-electron chi connectivity index (χ1n) is 5.82. The Morgan fingerprint density at radius 2 is 2.00 bits per heavy atom. The van der Waals surface area contributed by atoms with E-state index < -0.39 is 6.03 Å². The zero-order valence-corrected chi connectivity index (χ0v) is 12.9. The predicted molar refractivity (Wildman–Crippen MR) is 82.5 cm³/mol. The van der Waals surface area contributed by atoms with Gasteiger partial charge in [-0.3, -0.25) is 4.90 Å². The van der Waals surface area contributed by atoms with Crippen LogP contribution in [0.4, 0.5) is 10.7 Å². The molecule has 0 spiro atoms. The van der Waals surface area contributed by atoms with E-state index in [1.165, 1.54) is 23.2 Å². The Morgan fingerprint density at radius 3 is 2.52 bits per heavy atom. The molecular weight excluding hydrogens is 339 g/mol. The Bertz CT molecular complexity index is 610. The van der Waals surface area contributed by atoms with Crippen LogP contribution in [0.3, 0.4) is 0 Å². The summed E-state index contributed by atoms with van der Waals surface area (Å²) in [5, 5.41) is 0.985. The normalized spacial score (nSPS) is 10.4. The number of primary amides is 1. The number of hydrogen-bond donors (Lipinski definition) is 2. The highest BCUT2D eigenvalue weighted by molar-refractivity contribution is 6.40. The van der Waals surface area contributed by atoms with Gasteiger partial charge in [-0.15, -0.1) is 0 Å². The molecule has 1 heterocycles. The Morgan fingerprint density at radius 1 is 1.33 bits per heavy atom. The lowest BCUT2D eigenvalue weighted by molar-refractivity contribution is 0.250. The fourth-order valence-corrected chi connectivity index (χ4v) is 2.56. The van der Waals surface area contributed by atoms with Gasteiger partial charge in [-0.2, -0.15) is 0 Å². The maximum absolute atomic E-state index is 11.4. The molecule has 0 fully saturated rings. The number of halogens is 3. The van der Waals surface area contributed by atoms with Gasteiger partial charge in [0, 0.05) is 17.4 Å². The number of rotatable bonds is 5. The van der Waals surface area contributed by atoms with Gasteiger partial charge in [0.05, 0.1) is 16.6 Å². The molecule has 3 N–H and O–H groups in total. The Kier molecular flexibility index (Phi) is 5.17. The summed E-state index contributed by atoms with van der Waals surface area (Å²) < 4.78 is 5.49. The third-order valence-electron chi connectivity index (χ3n) is 2.53. The van der Waals surface area contributed by atoms with Crippen molar-refractivity contribution in [3.8, 4) is 5.75 Å². The minimum Gasteiger partial charge on any atom is -0.489 e. The molecule has 0 radical (unpaired) electrons. The third kappa shape index (κ3) is 3.93. The van der Waals surface area contributed by atoms with Crippen molar-refractivity contribution < 1.29 is 9.53 Å². The molecule has 2 rings (SSSR count). The number of nitrogens with zero attached hydrogens (tertiary/aromatic N) is 2. The number of aromatic amines is 1. The number of benzene rings is 1. The molecule has 9 heteroatoms. The lowest BCUT2D eigenvalue weighted by Gasteiger charge is -2.18. The van der Waals surface area contributed by atoms with Crippen LogP contribution < -0.4 is 15.4 Å². The number of aromatic nitrogens is 2. The summed E-state index contributed by atoms with van der Waals surface area (Å²) in [4.78, 5) is 19.4. The molecule has 0 bridgehead atoms. The summed E-state index contributed by atoms with van der Waals surface area (Å²) in [5.41, 5.74) is 5.29. The van der Waals surface area contributed by atoms with Crippen molar-refractivity contribution in [2.75, 3.05) is 18.1 Å². The minimum atomic E-state index is -0.651. The molecule has 0 saturated carbocycles. The van der Waals surface area contributed by atoms with Crippen LogP contribution in [0.5, 0.6) is 5.75 Å². The van der Waals surface area contributed by atoms with Crippen LogP contribution in [0.1, 0.15) is 0 Å². The van der Waals surface area contributed by atoms with E-state index in [-0.39, 0.29) is 23.2 Å². The largest absolute Gasteiger partial charge is 0.489 e. The lowest BCUT2D eigenvalue weighted by atomic mass is 10.3. The van der Waals surface area contributed by atoms with Crippen LogP contribution in [0.15, 0.2) is 24.5 Å². The summed E-state index contributed by atoms with van der Waals surface area (Å²) >= 11 is 17.8. The molecule has 6 nitrogen and oxygen atoms in total. The van der Waals surface area contributed by atoms with Crippen molar-refractivity contribution in [3.63, 3.8) is 0 Å². The molecule has 1 aromatic heterocycles. The number of imidazole rings is 1. The van der Waals surface area contributed by atoms with Crippen molar-refractivity contribution in [1.29, 1.82) is 0 Å². The van der Waals surface area contributed by atoms with Crippen molar-refractivity contribution in [2.45, 2.75) is 0 Å². The molecule has 0 atom stereocenters. The lowest BCUT2D eigenvalue weighted by Crippen LogP contribution is -2.39. The zero-order valence-electron chi connectivity index (χ0n) is 10.6. The maximum atomic E-state index is 11.4. The van der Waals surface area contributed by atoms with Crippen molar-refractivity contribution >= 4 is 46.8 Å². The number of amides is 2. The topological polar surface area (TPSA) is 84.2 Å². The van der Waals surface area contributed by atoms with Crippen LogP contribution in [0.2, 0.25) is 15.1 Å². The molecule has 2 aromatic rings. The summed E-state index contributed by atoms with van der Waals surface area (Å²) in [5.74, 6) is 0.631. The van der Waals surface area contributed by atoms with Gasteiger partial charge in [0.2, 0.25) is 5.95 Å². The Hall–Kier alpha value is -1.63. The monoisotopic (exact) mass is 348 g/mol. The molecular formula is C12H11Cl3N4O2. The number of carbonyl (C=O) groups excluding carboxylic acids is 1. The van der Waals surface area contributed by atoms with Crippen molar-refractivity contribution in [3.05, 3.63) is 39.6 Å². The molecule has 1 aromatic carbocycles. The summed E-state index contributed by atoms with van der Waals surface area (Å²) in [6.45, 7) is 0.308. The van der Waals surface area contributed by atoms with Crippen molar-refractivity contribution in [1.82, 2.24) is 9.97 Å². The molecule has 2 amide bonds. The molecule has 0 aliphatic heterocycles. The standard InChI is InChI=1S/C12H11Cl3N4O2/c13-7-5-8(14)10(9(15)6-7)21-4-3-19(11(16)20)12-17-1-2-18-12/h1-2,5-6H,3-4H2,(H2,16,20)(H,17,18). The number of carbonyl (C=O) groups is 1. The number of nitrogens with one attached hydrogen (secondary N) is 1. The van der Waals surface area contributed by atoms with Gasteiger partial charge >= 0.3 is 6.03 Å². The zero-order chi connectivity index (χ0) is 15.4. The van der Waals surface area contributed by atoms with Crippen LogP contribution in [0.25, 0.3) is 0 Å². The van der Waals surface area contributed by atoms with E-state index in [0.717, 1.165) is 0 Å². The van der Waals surface area contributed by atoms with E-state index in [9.17, 15) is 4.79 Å². The first-order chi connectivity index (χ1) is 9.99. The summed E-state index contributed by atoms with van der Waals surface area (Å²) in [6, 6.07) is 2.38. The fraction of sp³-hybridized carbons (Fsp3) is 0.167. The second-order valence-corrected chi connectivity index (χ2v) is 5.20. The SMILES string of the molecule is NC(=O)N(CCOc1c(Cl)cc(Cl)cc1Cl)c1ncc[nH]1. The van der Waals surface area contributed by atoms with E-state index >= 15 is 0 Å². The number of H-pyrrole nitrogens is 1. The number of ether oxygens (including phenoxy) is 1.